The topological polar surface area (TPSA) is 131 Å². The minimum Gasteiger partial charge on any atom is -0.481 e. The Morgan fingerprint density at radius 2 is 1.94 bits per heavy atom. The van der Waals surface area contributed by atoms with Gasteiger partial charge in [0.25, 0.3) is 0 Å². The number of amides is 2. The van der Waals surface area contributed by atoms with E-state index in [1.54, 1.807) is 6.92 Å². The van der Waals surface area contributed by atoms with Crippen molar-refractivity contribution in [1.82, 2.24) is 10.2 Å². The number of carbonyl (C=O) groups is 3. The van der Waals surface area contributed by atoms with Crippen LogP contribution < -0.4 is 5.32 Å². The van der Waals surface area contributed by atoms with Crippen molar-refractivity contribution in [2.45, 2.75) is 19.4 Å². The molecule has 0 saturated carbocycles. The molecule has 18 heavy (non-hydrogen) atoms. The maximum Gasteiger partial charge on any atom is 0.326 e. The van der Waals surface area contributed by atoms with E-state index in [0.29, 0.717) is 0 Å². The van der Waals surface area contributed by atoms with Crippen molar-refractivity contribution in [3.63, 3.8) is 0 Å². The van der Waals surface area contributed by atoms with E-state index in [2.05, 4.69) is 5.32 Å². The molecule has 0 aromatic heterocycles. The Bertz CT molecular complexity index is 376. The Morgan fingerprint density at radius 3 is 2.33 bits per heavy atom. The van der Waals surface area contributed by atoms with Crippen molar-refractivity contribution >= 4 is 18.0 Å². The van der Waals surface area contributed by atoms with Gasteiger partial charge in [-0.25, -0.2) is 9.59 Å². The maximum atomic E-state index is 11.5. The van der Waals surface area contributed by atoms with Gasteiger partial charge in [-0.1, -0.05) is 0 Å². The lowest BCUT2D eigenvalue weighted by Crippen LogP contribution is -2.48. The van der Waals surface area contributed by atoms with Crippen LogP contribution in [0.5, 0.6) is 0 Å². The monoisotopic (exact) mass is 257 g/mol. The summed E-state index contributed by atoms with van der Waals surface area (Å²) in [6.07, 6.45) is -0.706. The Morgan fingerprint density at radius 1 is 1.39 bits per heavy atom. The fourth-order valence-corrected chi connectivity index (χ4v) is 1.17. The first-order valence-corrected chi connectivity index (χ1v) is 5.13. The lowest BCUT2D eigenvalue weighted by Gasteiger charge is -2.21. The highest BCUT2D eigenvalue weighted by atomic mass is 16.4. The molecule has 0 aromatic rings. The van der Waals surface area contributed by atoms with E-state index in [-0.39, 0.29) is 6.54 Å². The number of nitriles is 1. The van der Waals surface area contributed by atoms with Gasteiger partial charge in [-0.15, -0.1) is 0 Å². The van der Waals surface area contributed by atoms with Gasteiger partial charge < -0.3 is 20.4 Å². The van der Waals surface area contributed by atoms with Crippen molar-refractivity contribution in [3.8, 4) is 6.07 Å². The first-order valence-electron chi connectivity index (χ1n) is 5.13. The molecule has 100 valence electrons. The molecule has 0 spiro atoms. The third-order valence-electron chi connectivity index (χ3n) is 2.09. The Kier molecular flexibility index (Phi) is 6.20. The van der Waals surface area contributed by atoms with Gasteiger partial charge in [0.2, 0.25) is 0 Å². The van der Waals surface area contributed by atoms with Crippen molar-refractivity contribution in [2.24, 2.45) is 5.92 Å². The second-order valence-corrected chi connectivity index (χ2v) is 3.85. The number of aliphatic carboxylic acids is 2. The number of nitrogens with zero attached hydrogens (tertiary/aromatic N) is 2. The minimum atomic E-state index is -1.49. The van der Waals surface area contributed by atoms with Crippen LogP contribution in [-0.4, -0.2) is 52.7 Å². The van der Waals surface area contributed by atoms with Crippen molar-refractivity contribution in [1.29, 1.82) is 5.26 Å². The second-order valence-electron chi connectivity index (χ2n) is 3.85. The van der Waals surface area contributed by atoms with Gasteiger partial charge in [0.15, 0.2) is 0 Å². The van der Waals surface area contributed by atoms with Crippen molar-refractivity contribution in [3.05, 3.63) is 0 Å². The molecule has 0 aromatic carbocycles. The van der Waals surface area contributed by atoms with Crippen molar-refractivity contribution in [2.75, 3.05) is 13.6 Å². The van der Waals surface area contributed by atoms with E-state index in [9.17, 15) is 14.4 Å². The average Bonchev–Trinajstić information content (AvgIpc) is 2.26. The van der Waals surface area contributed by atoms with Crippen LogP contribution in [0.1, 0.15) is 13.3 Å². The molecule has 3 N–H and O–H groups in total. The molecule has 0 heterocycles. The molecule has 0 fully saturated rings. The number of nitrogens with one attached hydrogen (secondary N) is 1. The largest absolute Gasteiger partial charge is 0.481 e. The summed E-state index contributed by atoms with van der Waals surface area (Å²) >= 11 is 0. The van der Waals surface area contributed by atoms with Crippen LogP contribution >= 0.6 is 0 Å². The van der Waals surface area contributed by atoms with Crippen LogP contribution in [0.15, 0.2) is 0 Å². The SMILES string of the molecule is CC(C#N)CN(C)C(=O)N[C@H](CC(=O)O)C(=O)O. The van der Waals surface area contributed by atoms with Crippen LogP contribution in [0, 0.1) is 17.2 Å². The Balaban J connectivity index is 4.46. The molecule has 0 aliphatic rings. The van der Waals surface area contributed by atoms with Crippen LogP contribution in [-0.2, 0) is 9.59 Å². The summed E-state index contributed by atoms with van der Waals surface area (Å²) in [7, 11) is 1.39. The Hall–Kier alpha value is -2.30. The van der Waals surface area contributed by atoms with Crippen LogP contribution in [0.25, 0.3) is 0 Å². The zero-order valence-corrected chi connectivity index (χ0v) is 10.1. The molecule has 0 radical (unpaired) electrons. The molecule has 8 heteroatoms. The predicted octanol–water partition coefficient (Wildman–Crippen LogP) is -0.285. The zero-order chi connectivity index (χ0) is 14.3. The van der Waals surface area contributed by atoms with Gasteiger partial charge in [0, 0.05) is 13.6 Å². The van der Waals surface area contributed by atoms with Gasteiger partial charge in [-0.05, 0) is 6.92 Å². The Labute approximate surface area is 104 Å². The molecule has 1 unspecified atom stereocenters. The first-order chi connectivity index (χ1) is 8.27. The fourth-order valence-electron chi connectivity index (χ4n) is 1.17. The number of hydrogen-bond acceptors (Lipinski definition) is 4. The van der Waals surface area contributed by atoms with Crippen LogP contribution in [0.3, 0.4) is 0 Å². The second kappa shape index (κ2) is 7.11. The quantitative estimate of drug-likeness (QED) is 0.599. The third-order valence-corrected chi connectivity index (χ3v) is 2.09. The third kappa shape index (κ3) is 5.69. The maximum absolute atomic E-state index is 11.5. The van der Waals surface area contributed by atoms with E-state index in [1.165, 1.54) is 7.05 Å². The van der Waals surface area contributed by atoms with Gasteiger partial charge >= 0.3 is 18.0 Å². The highest BCUT2D eigenvalue weighted by molar-refractivity contribution is 5.86. The van der Waals surface area contributed by atoms with E-state index < -0.39 is 36.4 Å². The van der Waals surface area contributed by atoms with Gasteiger partial charge in [0.05, 0.1) is 18.4 Å². The minimum absolute atomic E-state index is 0.127. The lowest BCUT2D eigenvalue weighted by atomic mass is 10.2. The smallest absolute Gasteiger partial charge is 0.326 e. The van der Waals surface area contributed by atoms with Gasteiger partial charge in [0.1, 0.15) is 6.04 Å². The molecule has 2 atom stereocenters. The summed E-state index contributed by atoms with van der Waals surface area (Å²) < 4.78 is 0. The number of hydrogen-bond donors (Lipinski definition) is 3. The summed E-state index contributed by atoms with van der Waals surface area (Å²) in [6, 6.07) is -0.295. The van der Waals surface area contributed by atoms with Crippen LogP contribution in [0.4, 0.5) is 4.79 Å². The summed E-state index contributed by atoms with van der Waals surface area (Å²) in [5.74, 6) is -3.15. The summed E-state index contributed by atoms with van der Waals surface area (Å²) in [5.41, 5.74) is 0. The standard InChI is InChI=1S/C10H15N3O5/c1-6(4-11)5-13(2)10(18)12-7(9(16)17)3-8(14)15/h6-7H,3,5H2,1-2H3,(H,12,18)(H,14,15)(H,16,17)/t6?,7-/m1/s1. The molecular formula is C10H15N3O5. The van der Waals surface area contributed by atoms with Crippen LogP contribution in [0.2, 0.25) is 0 Å². The number of carbonyl (C=O) groups excluding carboxylic acids is 1. The molecule has 8 nitrogen and oxygen atoms in total. The van der Waals surface area contributed by atoms with E-state index in [1.807, 2.05) is 6.07 Å². The summed E-state index contributed by atoms with van der Waals surface area (Å²) in [4.78, 5) is 33.8. The number of urea groups is 1. The highest BCUT2D eigenvalue weighted by Crippen LogP contribution is 1.99. The molecule has 0 bridgehead atoms. The highest BCUT2D eigenvalue weighted by Gasteiger charge is 2.24. The van der Waals surface area contributed by atoms with E-state index in [4.69, 9.17) is 15.5 Å². The number of rotatable bonds is 6. The predicted molar refractivity (Wildman–Crippen MR) is 59.6 cm³/mol. The van der Waals surface area contributed by atoms with Crippen molar-refractivity contribution < 1.29 is 24.6 Å². The average molecular weight is 257 g/mol. The lowest BCUT2D eigenvalue weighted by molar-refractivity contribution is -0.145. The first kappa shape index (κ1) is 15.7. The molecule has 0 rings (SSSR count). The fraction of sp³-hybridized carbons (Fsp3) is 0.600. The molecule has 0 aliphatic carbocycles. The molecular weight excluding hydrogens is 242 g/mol. The molecule has 2 amide bonds. The summed E-state index contributed by atoms with van der Waals surface area (Å²) in [6.45, 7) is 1.73. The van der Waals surface area contributed by atoms with Gasteiger partial charge in [-0.3, -0.25) is 4.79 Å². The normalized spacial score (nSPS) is 12.9. The molecule has 0 saturated heterocycles. The zero-order valence-electron chi connectivity index (χ0n) is 10.1. The number of carboxylic acid groups (broad SMARTS) is 2. The molecule has 0 aliphatic heterocycles. The number of carboxylic acids is 2. The van der Waals surface area contributed by atoms with E-state index in [0.717, 1.165) is 4.90 Å². The van der Waals surface area contributed by atoms with E-state index >= 15 is 0 Å². The summed E-state index contributed by atoms with van der Waals surface area (Å²) in [5, 5.41) is 27.9. The van der Waals surface area contributed by atoms with Gasteiger partial charge in [-0.2, -0.15) is 5.26 Å².